The Bertz CT molecular complexity index is 477. The van der Waals surface area contributed by atoms with E-state index < -0.39 is 0 Å². The monoisotopic (exact) mass is 524 g/mol. The number of hydrogen-bond acceptors (Lipinski definition) is 4. The smallest absolute Gasteiger partial charge is 0.305 e. The molecule has 0 saturated carbocycles. The molecule has 0 aliphatic heterocycles. The van der Waals surface area contributed by atoms with Crippen molar-refractivity contribution >= 4 is 11.9 Å². The first-order valence-corrected chi connectivity index (χ1v) is 16.5. The van der Waals surface area contributed by atoms with Gasteiger partial charge in [-0.25, -0.2) is 0 Å². The summed E-state index contributed by atoms with van der Waals surface area (Å²) in [6, 6.07) is 0. The van der Waals surface area contributed by atoms with Gasteiger partial charge in [-0.05, 0) is 25.7 Å². The highest BCUT2D eigenvalue weighted by atomic mass is 16.5. The summed E-state index contributed by atoms with van der Waals surface area (Å²) >= 11 is 0. The SMILES string of the molecule is CCCCCCCCCCCCCCOC(=O)CCCCCCCCC(=O)OCCCCCCCCC. The van der Waals surface area contributed by atoms with Gasteiger partial charge < -0.3 is 9.47 Å². The molecule has 0 aromatic carbocycles. The Hall–Kier alpha value is -1.06. The predicted octanol–water partition coefficient (Wildman–Crippen LogP) is 10.6. The number of rotatable bonds is 30. The van der Waals surface area contributed by atoms with Crippen LogP contribution in [0.2, 0.25) is 0 Å². The second-order valence-electron chi connectivity index (χ2n) is 11.1. The Morgan fingerprint density at radius 2 is 0.595 bits per heavy atom. The van der Waals surface area contributed by atoms with Crippen LogP contribution in [0.25, 0.3) is 0 Å². The van der Waals surface area contributed by atoms with Gasteiger partial charge >= 0.3 is 11.9 Å². The van der Waals surface area contributed by atoms with Crippen LogP contribution in [0.3, 0.4) is 0 Å². The Kier molecular flexibility index (Phi) is 30.3. The maximum atomic E-state index is 11.9. The molecule has 0 spiro atoms. The largest absolute Gasteiger partial charge is 0.466 e. The predicted molar refractivity (Wildman–Crippen MR) is 158 cm³/mol. The number of carbonyl (C=O) groups is 2. The number of ether oxygens (including phenoxy) is 2. The van der Waals surface area contributed by atoms with E-state index in [0.29, 0.717) is 26.1 Å². The lowest BCUT2D eigenvalue weighted by Crippen LogP contribution is -2.06. The third-order valence-electron chi connectivity index (χ3n) is 7.28. The fraction of sp³-hybridized carbons (Fsp3) is 0.939. The summed E-state index contributed by atoms with van der Waals surface area (Å²) in [5, 5.41) is 0. The lowest BCUT2D eigenvalue weighted by molar-refractivity contribution is -0.144. The molecule has 0 rings (SSSR count). The van der Waals surface area contributed by atoms with E-state index in [4.69, 9.17) is 9.47 Å². The van der Waals surface area contributed by atoms with Gasteiger partial charge in [0.2, 0.25) is 0 Å². The van der Waals surface area contributed by atoms with Crippen LogP contribution >= 0.6 is 0 Å². The zero-order chi connectivity index (χ0) is 27.1. The molecule has 4 heteroatoms. The number of hydrogen-bond donors (Lipinski definition) is 0. The molecule has 0 amide bonds. The molecular weight excluding hydrogens is 460 g/mol. The van der Waals surface area contributed by atoms with Crippen molar-refractivity contribution in [1.29, 1.82) is 0 Å². The van der Waals surface area contributed by atoms with E-state index in [1.807, 2.05) is 0 Å². The number of carbonyl (C=O) groups excluding carboxylic acids is 2. The minimum absolute atomic E-state index is 0.0354. The summed E-state index contributed by atoms with van der Waals surface area (Å²) in [5.41, 5.74) is 0. The van der Waals surface area contributed by atoms with Gasteiger partial charge in [0.15, 0.2) is 0 Å². The molecule has 0 saturated heterocycles. The van der Waals surface area contributed by atoms with E-state index in [1.54, 1.807) is 0 Å². The molecule has 0 aromatic heterocycles. The first kappa shape index (κ1) is 35.9. The van der Waals surface area contributed by atoms with Crippen LogP contribution in [0, 0.1) is 0 Å². The average molecular weight is 525 g/mol. The van der Waals surface area contributed by atoms with Gasteiger partial charge in [0, 0.05) is 12.8 Å². The summed E-state index contributed by atoms with van der Waals surface area (Å²) in [6.45, 7) is 5.68. The Morgan fingerprint density at radius 1 is 0.351 bits per heavy atom. The Morgan fingerprint density at radius 3 is 0.892 bits per heavy atom. The highest BCUT2D eigenvalue weighted by Gasteiger charge is 2.04. The molecule has 0 radical (unpaired) electrons. The Labute approximate surface area is 231 Å². The standard InChI is InChI=1S/C33H64O4/c1-3-5-7-9-11-12-13-14-15-19-23-27-31-37-33(35)29-25-21-17-16-20-24-28-32(34)36-30-26-22-18-10-8-6-4-2/h3-31H2,1-2H3. The average Bonchev–Trinajstić information content (AvgIpc) is 2.89. The maximum Gasteiger partial charge on any atom is 0.305 e. The van der Waals surface area contributed by atoms with Gasteiger partial charge in [0.05, 0.1) is 13.2 Å². The number of unbranched alkanes of at least 4 members (excludes halogenated alkanes) is 22. The molecular formula is C33H64O4. The van der Waals surface area contributed by atoms with Crippen molar-refractivity contribution in [3.63, 3.8) is 0 Å². The van der Waals surface area contributed by atoms with E-state index in [1.165, 1.54) is 109 Å². The lowest BCUT2D eigenvalue weighted by Gasteiger charge is -2.06. The Balaban J connectivity index is 3.24. The first-order valence-electron chi connectivity index (χ1n) is 16.5. The molecule has 0 aromatic rings. The van der Waals surface area contributed by atoms with Crippen molar-refractivity contribution in [2.24, 2.45) is 0 Å². The van der Waals surface area contributed by atoms with E-state index in [9.17, 15) is 9.59 Å². The van der Waals surface area contributed by atoms with Gasteiger partial charge in [-0.3, -0.25) is 9.59 Å². The molecule has 0 aliphatic rings. The fourth-order valence-corrected chi connectivity index (χ4v) is 4.76. The molecule has 0 fully saturated rings. The molecule has 37 heavy (non-hydrogen) atoms. The third-order valence-corrected chi connectivity index (χ3v) is 7.28. The molecule has 0 heterocycles. The van der Waals surface area contributed by atoms with Crippen LogP contribution < -0.4 is 0 Å². The van der Waals surface area contributed by atoms with Crippen LogP contribution in [0.4, 0.5) is 0 Å². The van der Waals surface area contributed by atoms with Crippen molar-refractivity contribution in [2.45, 2.75) is 187 Å². The quantitative estimate of drug-likeness (QED) is 0.0692. The van der Waals surface area contributed by atoms with Crippen LogP contribution in [0.1, 0.15) is 187 Å². The van der Waals surface area contributed by atoms with Crippen molar-refractivity contribution in [3.05, 3.63) is 0 Å². The van der Waals surface area contributed by atoms with Gasteiger partial charge in [0.25, 0.3) is 0 Å². The highest BCUT2D eigenvalue weighted by Crippen LogP contribution is 2.13. The maximum absolute atomic E-state index is 11.9. The van der Waals surface area contributed by atoms with E-state index in [2.05, 4.69) is 13.8 Å². The van der Waals surface area contributed by atoms with Crippen molar-refractivity contribution in [3.8, 4) is 0 Å². The first-order chi connectivity index (χ1) is 18.2. The van der Waals surface area contributed by atoms with Gasteiger partial charge in [-0.15, -0.1) is 0 Å². The molecule has 0 unspecified atom stereocenters. The van der Waals surface area contributed by atoms with Crippen LogP contribution in [0.15, 0.2) is 0 Å². The second kappa shape index (κ2) is 31.2. The highest BCUT2D eigenvalue weighted by molar-refractivity contribution is 5.69. The summed E-state index contributed by atoms with van der Waals surface area (Å²) in [7, 11) is 0. The number of esters is 2. The van der Waals surface area contributed by atoms with Crippen LogP contribution in [-0.2, 0) is 19.1 Å². The normalized spacial score (nSPS) is 11.1. The molecule has 220 valence electrons. The van der Waals surface area contributed by atoms with E-state index in [0.717, 1.165) is 51.4 Å². The van der Waals surface area contributed by atoms with E-state index in [-0.39, 0.29) is 11.9 Å². The molecule has 0 atom stereocenters. The van der Waals surface area contributed by atoms with Crippen LogP contribution in [0.5, 0.6) is 0 Å². The molecule has 0 aliphatic carbocycles. The van der Waals surface area contributed by atoms with Crippen molar-refractivity contribution < 1.29 is 19.1 Å². The lowest BCUT2D eigenvalue weighted by atomic mass is 10.1. The van der Waals surface area contributed by atoms with Crippen molar-refractivity contribution in [1.82, 2.24) is 0 Å². The van der Waals surface area contributed by atoms with E-state index >= 15 is 0 Å². The van der Waals surface area contributed by atoms with Gasteiger partial charge in [-0.1, -0.05) is 149 Å². The fourth-order valence-electron chi connectivity index (χ4n) is 4.76. The summed E-state index contributed by atoms with van der Waals surface area (Å²) in [6.07, 6.45) is 31.9. The van der Waals surface area contributed by atoms with Crippen LogP contribution in [-0.4, -0.2) is 25.2 Å². The topological polar surface area (TPSA) is 52.6 Å². The van der Waals surface area contributed by atoms with Gasteiger partial charge in [-0.2, -0.15) is 0 Å². The zero-order valence-electron chi connectivity index (χ0n) is 25.1. The summed E-state index contributed by atoms with van der Waals surface area (Å²) < 4.78 is 10.7. The second-order valence-corrected chi connectivity index (χ2v) is 11.1. The van der Waals surface area contributed by atoms with Crippen molar-refractivity contribution in [2.75, 3.05) is 13.2 Å². The van der Waals surface area contributed by atoms with Gasteiger partial charge in [0.1, 0.15) is 0 Å². The molecule has 4 nitrogen and oxygen atoms in total. The molecule has 0 N–H and O–H groups in total. The third kappa shape index (κ3) is 31.1. The minimum atomic E-state index is -0.0399. The zero-order valence-corrected chi connectivity index (χ0v) is 25.1. The molecule has 0 bridgehead atoms. The summed E-state index contributed by atoms with van der Waals surface area (Å²) in [4.78, 5) is 23.7. The minimum Gasteiger partial charge on any atom is -0.466 e. The summed E-state index contributed by atoms with van der Waals surface area (Å²) in [5.74, 6) is -0.0753.